The smallest absolute Gasteiger partial charge is 0.226 e. The second-order valence-corrected chi connectivity index (χ2v) is 7.11. The standard InChI is InChI=1S/C22H18ClFN4O2/c1-14-12-20(28(27-14)16-8-6-15(24)7-9-16)26-21(29)10-11-22-25-13-19(30-22)17-4-2-3-5-18(17)23/h2-9,12-13H,10-11H2,1H3,(H,26,29). The summed E-state index contributed by atoms with van der Waals surface area (Å²) in [5.41, 5.74) is 2.13. The van der Waals surface area contributed by atoms with E-state index in [-0.39, 0.29) is 18.1 Å². The van der Waals surface area contributed by atoms with Crippen LogP contribution in [0.15, 0.2) is 65.2 Å². The van der Waals surface area contributed by atoms with Crippen molar-refractivity contribution in [3.05, 3.63) is 83.2 Å². The van der Waals surface area contributed by atoms with E-state index in [1.54, 1.807) is 35.1 Å². The Hall–Kier alpha value is -3.45. The number of nitrogens with zero attached hydrogens (tertiary/aromatic N) is 3. The van der Waals surface area contributed by atoms with Crippen LogP contribution in [0.25, 0.3) is 17.0 Å². The van der Waals surface area contributed by atoms with Gasteiger partial charge in [0, 0.05) is 24.5 Å². The fraction of sp³-hybridized carbons (Fsp3) is 0.136. The fourth-order valence-corrected chi connectivity index (χ4v) is 3.23. The minimum absolute atomic E-state index is 0.177. The molecule has 1 amide bonds. The van der Waals surface area contributed by atoms with Crippen molar-refractivity contribution in [3.8, 4) is 17.0 Å². The summed E-state index contributed by atoms with van der Waals surface area (Å²) in [6, 6.07) is 15.0. The van der Waals surface area contributed by atoms with Gasteiger partial charge < -0.3 is 9.73 Å². The molecule has 0 saturated heterocycles. The zero-order valence-electron chi connectivity index (χ0n) is 16.1. The fourth-order valence-electron chi connectivity index (χ4n) is 3.00. The summed E-state index contributed by atoms with van der Waals surface area (Å²) in [6.07, 6.45) is 2.11. The number of hydrogen-bond acceptors (Lipinski definition) is 4. The molecule has 152 valence electrons. The highest BCUT2D eigenvalue weighted by Crippen LogP contribution is 2.28. The summed E-state index contributed by atoms with van der Waals surface area (Å²) < 4.78 is 20.5. The number of aryl methyl sites for hydroxylation is 2. The summed E-state index contributed by atoms with van der Waals surface area (Å²) >= 11 is 6.18. The van der Waals surface area contributed by atoms with Crippen LogP contribution in [-0.2, 0) is 11.2 Å². The molecule has 0 fully saturated rings. The predicted molar refractivity (Wildman–Crippen MR) is 112 cm³/mol. The second kappa shape index (κ2) is 8.51. The van der Waals surface area contributed by atoms with E-state index in [2.05, 4.69) is 15.4 Å². The lowest BCUT2D eigenvalue weighted by molar-refractivity contribution is -0.116. The Morgan fingerprint density at radius 3 is 2.73 bits per heavy atom. The molecule has 30 heavy (non-hydrogen) atoms. The quantitative estimate of drug-likeness (QED) is 0.461. The van der Waals surface area contributed by atoms with Gasteiger partial charge >= 0.3 is 0 Å². The van der Waals surface area contributed by atoms with Gasteiger partial charge in [0.2, 0.25) is 5.91 Å². The number of rotatable bonds is 6. The molecule has 0 aliphatic carbocycles. The van der Waals surface area contributed by atoms with E-state index in [1.165, 1.54) is 12.1 Å². The van der Waals surface area contributed by atoms with E-state index in [1.807, 2.05) is 25.1 Å². The Balaban J connectivity index is 1.42. The SMILES string of the molecule is Cc1cc(NC(=O)CCc2ncc(-c3ccccc3Cl)o2)n(-c2ccc(F)cc2)n1. The van der Waals surface area contributed by atoms with Gasteiger partial charge in [-0.3, -0.25) is 4.79 Å². The number of carbonyl (C=O) groups excluding carboxylic acids is 1. The highest BCUT2D eigenvalue weighted by Gasteiger charge is 2.14. The van der Waals surface area contributed by atoms with Crippen LogP contribution in [0.2, 0.25) is 5.02 Å². The van der Waals surface area contributed by atoms with Gasteiger partial charge in [0.25, 0.3) is 0 Å². The third-order valence-corrected chi connectivity index (χ3v) is 4.76. The average Bonchev–Trinajstić information content (AvgIpc) is 3.34. The van der Waals surface area contributed by atoms with Gasteiger partial charge in [-0.2, -0.15) is 5.10 Å². The van der Waals surface area contributed by atoms with Crippen LogP contribution in [0.3, 0.4) is 0 Å². The maximum absolute atomic E-state index is 13.2. The Morgan fingerprint density at radius 2 is 1.97 bits per heavy atom. The molecule has 0 saturated carbocycles. The first-order chi connectivity index (χ1) is 14.5. The molecular weight excluding hydrogens is 407 g/mol. The second-order valence-electron chi connectivity index (χ2n) is 6.71. The van der Waals surface area contributed by atoms with Crippen LogP contribution in [0, 0.1) is 12.7 Å². The first kappa shape index (κ1) is 19.8. The van der Waals surface area contributed by atoms with Crippen LogP contribution in [0.1, 0.15) is 18.0 Å². The van der Waals surface area contributed by atoms with Gasteiger partial charge in [0.15, 0.2) is 11.7 Å². The van der Waals surface area contributed by atoms with Crippen LogP contribution < -0.4 is 5.32 Å². The molecule has 1 N–H and O–H groups in total. The lowest BCUT2D eigenvalue weighted by Crippen LogP contribution is -2.15. The van der Waals surface area contributed by atoms with Gasteiger partial charge in [-0.25, -0.2) is 14.1 Å². The number of amides is 1. The molecule has 2 aromatic carbocycles. The molecule has 2 heterocycles. The minimum Gasteiger partial charge on any atom is -0.441 e. The lowest BCUT2D eigenvalue weighted by Gasteiger charge is -2.08. The highest BCUT2D eigenvalue weighted by molar-refractivity contribution is 6.33. The molecule has 0 atom stereocenters. The third-order valence-electron chi connectivity index (χ3n) is 4.43. The molecule has 0 radical (unpaired) electrons. The zero-order valence-corrected chi connectivity index (χ0v) is 16.9. The first-order valence-corrected chi connectivity index (χ1v) is 9.69. The molecule has 0 bridgehead atoms. The summed E-state index contributed by atoms with van der Waals surface area (Å²) in [7, 11) is 0. The molecule has 6 nitrogen and oxygen atoms in total. The summed E-state index contributed by atoms with van der Waals surface area (Å²) in [4.78, 5) is 16.7. The molecule has 0 aliphatic heterocycles. The number of benzene rings is 2. The van der Waals surface area contributed by atoms with Crippen molar-refractivity contribution in [2.45, 2.75) is 19.8 Å². The van der Waals surface area contributed by atoms with E-state index in [9.17, 15) is 9.18 Å². The normalized spacial score (nSPS) is 10.9. The molecule has 0 unspecified atom stereocenters. The van der Waals surface area contributed by atoms with Gasteiger partial charge in [-0.05, 0) is 43.3 Å². The maximum Gasteiger partial charge on any atom is 0.226 e. The number of oxazole rings is 1. The van der Waals surface area contributed by atoms with Gasteiger partial charge in [0.1, 0.15) is 11.6 Å². The monoisotopic (exact) mass is 424 g/mol. The number of hydrogen-bond donors (Lipinski definition) is 1. The topological polar surface area (TPSA) is 73.0 Å². The molecule has 0 aliphatic rings. The Labute approximate surface area is 177 Å². The van der Waals surface area contributed by atoms with E-state index < -0.39 is 0 Å². The van der Waals surface area contributed by atoms with Crippen molar-refractivity contribution in [3.63, 3.8) is 0 Å². The third kappa shape index (κ3) is 4.41. The molecule has 4 rings (SSSR count). The summed E-state index contributed by atoms with van der Waals surface area (Å²) in [5.74, 6) is 0.962. The lowest BCUT2D eigenvalue weighted by atomic mass is 10.2. The molecule has 0 spiro atoms. The van der Waals surface area contributed by atoms with Crippen LogP contribution in [0.5, 0.6) is 0 Å². The van der Waals surface area contributed by atoms with Gasteiger partial charge in [0.05, 0.1) is 22.6 Å². The summed E-state index contributed by atoms with van der Waals surface area (Å²) in [6.45, 7) is 1.82. The molecule has 2 aromatic heterocycles. The number of anilines is 1. The largest absolute Gasteiger partial charge is 0.441 e. The van der Waals surface area contributed by atoms with E-state index in [0.717, 1.165) is 11.3 Å². The highest BCUT2D eigenvalue weighted by atomic mass is 35.5. The van der Waals surface area contributed by atoms with Crippen LogP contribution in [0.4, 0.5) is 10.2 Å². The number of aromatic nitrogens is 3. The minimum atomic E-state index is -0.338. The van der Waals surface area contributed by atoms with Crippen molar-refractivity contribution in [2.24, 2.45) is 0 Å². The Morgan fingerprint density at radius 1 is 1.20 bits per heavy atom. The Bertz CT molecular complexity index is 1180. The van der Waals surface area contributed by atoms with Crippen molar-refractivity contribution < 1.29 is 13.6 Å². The average molecular weight is 425 g/mol. The number of halogens is 2. The van der Waals surface area contributed by atoms with E-state index in [0.29, 0.717) is 34.6 Å². The molecule has 4 aromatic rings. The van der Waals surface area contributed by atoms with Crippen LogP contribution in [-0.4, -0.2) is 20.7 Å². The van der Waals surface area contributed by atoms with Crippen molar-refractivity contribution in [1.29, 1.82) is 0 Å². The van der Waals surface area contributed by atoms with E-state index >= 15 is 0 Å². The molecular formula is C22H18ClFN4O2. The first-order valence-electron chi connectivity index (χ1n) is 9.31. The van der Waals surface area contributed by atoms with E-state index in [4.69, 9.17) is 16.0 Å². The van der Waals surface area contributed by atoms with Gasteiger partial charge in [-0.1, -0.05) is 23.7 Å². The summed E-state index contributed by atoms with van der Waals surface area (Å²) in [5, 5.41) is 7.77. The number of nitrogens with one attached hydrogen (secondary N) is 1. The predicted octanol–water partition coefficient (Wildman–Crippen LogP) is 5.20. The Kier molecular flexibility index (Phi) is 5.63. The van der Waals surface area contributed by atoms with Gasteiger partial charge in [-0.15, -0.1) is 0 Å². The maximum atomic E-state index is 13.2. The van der Waals surface area contributed by atoms with Crippen molar-refractivity contribution in [1.82, 2.24) is 14.8 Å². The van der Waals surface area contributed by atoms with Crippen LogP contribution >= 0.6 is 11.6 Å². The molecule has 8 heteroatoms. The van der Waals surface area contributed by atoms with Crippen molar-refractivity contribution in [2.75, 3.05) is 5.32 Å². The van der Waals surface area contributed by atoms with Crippen molar-refractivity contribution >= 4 is 23.3 Å². The zero-order chi connectivity index (χ0) is 21.1. The number of carbonyl (C=O) groups is 1.